The summed E-state index contributed by atoms with van der Waals surface area (Å²) < 4.78 is 35.0. The van der Waals surface area contributed by atoms with Crippen LogP contribution in [0.1, 0.15) is 44.2 Å². The minimum Gasteiger partial charge on any atom is -0.496 e. The molecule has 42 heavy (non-hydrogen) atoms. The maximum Gasteiger partial charge on any atom is 0.264 e. The van der Waals surface area contributed by atoms with Gasteiger partial charge in [0.25, 0.3) is 10.0 Å². The van der Waals surface area contributed by atoms with Crippen LogP contribution in [0.2, 0.25) is 0 Å². The smallest absolute Gasteiger partial charge is 0.264 e. The van der Waals surface area contributed by atoms with Gasteiger partial charge >= 0.3 is 0 Å². The predicted octanol–water partition coefficient (Wildman–Crippen LogP) is 5.73. The zero-order valence-electron chi connectivity index (χ0n) is 24.7. The van der Waals surface area contributed by atoms with E-state index in [1.807, 2.05) is 51.1 Å². The van der Waals surface area contributed by atoms with E-state index in [2.05, 4.69) is 21.2 Å². The average molecular weight is 659 g/mol. The van der Waals surface area contributed by atoms with E-state index in [0.717, 1.165) is 28.3 Å². The topological polar surface area (TPSA) is 96.0 Å². The molecule has 3 aromatic carbocycles. The largest absolute Gasteiger partial charge is 0.496 e. The molecule has 3 aromatic rings. The van der Waals surface area contributed by atoms with Crippen molar-refractivity contribution in [1.29, 1.82) is 0 Å². The van der Waals surface area contributed by atoms with Gasteiger partial charge in [0, 0.05) is 13.1 Å². The molecule has 0 radical (unpaired) electrons. The average Bonchev–Trinajstić information content (AvgIpc) is 2.98. The second kappa shape index (κ2) is 15.7. The van der Waals surface area contributed by atoms with Crippen LogP contribution in [-0.2, 0) is 26.0 Å². The molecule has 1 N–H and O–H groups in total. The summed E-state index contributed by atoms with van der Waals surface area (Å²) in [7, 11) is -2.68. The first-order valence-electron chi connectivity index (χ1n) is 14.2. The number of rotatable bonds is 15. The first kappa shape index (κ1) is 33.1. The van der Waals surface area contributed by atoms with Crippen molar-refractivity contribution in [2.75, 3.05) is 31.0 Å². The Balaban J connectivity index is 2.01. The van der Waals surface area contributed by atoms with Crippen LogP contribution >= 0.6 is 15.9 Å². The Kier molecular flexibility index (Phi) is 12.4. The standard InChI is InChI=1S/C32H40BrN3O5S/c1-5-7-20-34-32(38)29(6-2)35(21-19-25-11-9-8-10-12-25)31(37)23-36(26-15-13-24(3)14-16-26)42(39,40)27-17-18-30(41-4)28(33)22-27/h8-18,22,29H,5-7,19-21,23H2,1-4H3,(H,34,38)/t29-/m1/s1. The summed E-state index contributed by atoms with van der Waals surface area (Å²) in [6, 6.07) is 20.4. The van der Waals surface area contributed by atoms with Crippen LogP contribution in [0.4, 0.5) is 5.69 Å². The highest BCUT2D eigenvalue weighted by molar-refractivity contribution is 9.10. The van der Waals surface area contributed by atoms with E-state index < -0.39 is 28.5 Å². The van der Waals surface area contributed by atoms with Gasteiger partial charge in [-0.2, -0.15) is 0 Å². The van der Waals surface area contributed by atoms with Gasteiger partial charge in [-0.25, -0.2) is 8.42 Å². The molecular weight excluding hydrogens is 618 g/mol. The first-order chi connectivity index (χ1) is 20.1. The van der Waals surface area contributed by atoms with Crippen molar-refractivity contribution < 1.29 is 22.7 Å². The number of amides is 2. The Labute approximate surface area is 258 Å². The molecule has 2 amide bonds. The van der Waals surface area contributed by atoms with Gasteiger partial charge in [-0.15, -0.1) is 0 Å². The highest BCUT2D eigenvalue weighted by Crippen LogP contribution is 2.31. The van der Waals surface area contributed by atoms with Crippen LogP contribution in [0.25, 0.3) is 0 Å². The zero-order chi connectivity index (χ0) is 30.7. The molecule has 0 saturated heterocycles. The molecule has 0 fully saturated rings. The molecular formula is C32H40BrN3O5S. The molecule has 8 nitrogen and oxygen atoms in total. The van der Waals surface area contributed by atoms with Crippen molar-refractivity contribution in [3.05, 3.63) is 88.4 Å². The maximum absolute atomic E-state index is 14.1. The molecule has 1 atom stereocenters. The van der Waals surface area contributed by atoms with Crippen LogP contribution < -0.4 is 14.4 Å². The molecule has 0 aliphatic heterocycles. The maximum atomic E-state index is 14.1. The molecule has 0 aliphatic rings. The summed E-state index contributed by atoms with van der Waals surface area (Å²) in [6.07, 6.45) is 2.67. The van der Waals surface area contributed by atoms with Crippen LogP contribution in [-0.4, -0.2) is 57.9 Å². The monoisotopic (exact) mass is 657 g/mol. The fourth-order valence-corrected chi connectivity index (χ4v) is 6.71. The number of aryl methyl sites for hydroxylation is 1. The van der Waals surface area contributed by atoms with E-state index in [-0.39, 0.29) is 17.3 Å². The van der Waals surface area contributed by atoms with E-state index >= 15 is 0 Å². The lowest BCUT2D eigenvalue weighted by Gasteiger charge is -2.33. The van der Waals surface area contributed by atoms with Crippen molar-refractivity contribution in [3.8, 4) is 5.75 Å². The van der Waals surface area contributed by atoms with E-state index in [9.17, 15) is 18.0 Å². The number of benzene rings is 3. The number of halogens is 1. The summed E-state index contributed by atoms with van der Waals surface area (Å²) in [5.41, 5.74) is 2.32. The minimum atomic E-state index is -4.18. The fourth-order valence-electron chi connectivity index (χ4n) is 4.58. The highest BCUT2D eigenvalue weighted by atomic mass is 79.9. The number of carbonyl (C=O) groups excluding carboxylic acids is 2. The first-order valence-corrected chi connectivity index (χ1v) is 16.4. The van der Waals surface area contributed by atoms with Gasteiger partial charge in [0.1, 0.15) is 18.3 Å². The lowest BCUT2D eigenvalue weighted by Crippen LogP contribution is -2.53. The quantitative estimate of drug-likeness (QED) is 0.211. The Morgan fingerprint density at radius 1 is 1.00 bits per heavy atom. The minimum absolute atomic E-state index is 0.00346. The van der Waals surface area contributed by atoms with Gasteiger partial charge in [-0.3, -0.25) is 13.9 Å². The van der Waals surface area contributed by atoms with Crippen LogP contribution in [0, 0.1) is 6.92 Å². The summed E-state index contributed by atoms with van der Waals surface area (Å²) in [5, 5.41) is 2.95. The number of carbonyl (C=O) groups is 2. The third-order valence-corrected chi connectivity index (χ3v) is 9.40. The van der Waals surface area contributed by atoms with E-state index in [4.69, 9.17) is 4.74 Å². The summed E-state index contributed by atoms with van der Waals surface area (Å²) in [4.78, 5) is 28.9. The fraction of sp³-hybridized carbons (Fsp3) is 0.375. The summed E-state index contributed by atoms with van der Waals surface area (Å²) >= 11 is 3.37. The summed E-state index contributed by atoms with van der Waals surface area (Å²) in [6.45, 7) is 6.11. The predicted molar refractivity (Wildman–Crippen MR) is 170 cm³/mol. The van der Waals surface area contributed by atoms with Gasteiger partial charge in [0.2, 0.25) is 11.8 Å². The summed E-state index contributed by atoms with van der Waals surface area (Å²) in [5.74, 6) is -0.213. The molecule has 0 spiro atoms. The lowest BCUT2D eigenvalue weighted by molar-refractivity contribution is -0.139. The van der Waals surface area contributed by atoms with Crippen LogP contribution in [0.5, 0.6) is 5.75 Å². The van der Waals surface area contributed by atoms with Gasteiger partial charge in [-0.05, 0) is 78.0 Å². The molecule has 226 valence electrons. The third-order valence-electron chi connectivity index (χ3n) is 7.01. The van der Waals surface area contributed by atoms with E-state index in [0.29, 0.717) is 35.3 Å². The second-order valence-corrected chi connectivity index (χ2v) is 12.8. The van der Waals surface area contributed by atoms with Crippen molar-refractivity contribution >= 4 is 43.5 Å². The van der Waals surface area contributed by atoms with Crippen LogP contribution in [0.15, 0.2) is 82.2 Å². The number of sulfonamides is 1. The van der Waals surface area contributed by atoms with Gasteiger partial charge < -0.3 is 15.0 Å². The number of hydrogen-bond acceptors (Lipinski definition) is 5. The van der Waals surface area contributed by atoms with Crippen molar-refractivity contribution in [3.63, 3.8) is 0 Å². The molecule has 0 heterocycles. The van der Waals surface area contributed by atoms with Crippen molar-refractivity contribution in [2.45, 2.75) is 57.4 Å². The SMILES string of the molecule is CCCCNC(=O)[C@@H](CC)N(CCc1ccccc1)C(=O)CN(c1ccc(C)cc1)S(=O)(=O)c1ccc(OC)c(Br)c1. The molecule has 0 saturated carbocycles. The molecule has 3 rings (SSSR count). The number of hydrogen-bond donors (Lipinski definition) is 1. The number of methoxy groups -OCH3 is 1. The number of anilines is 1. The van der Waals surface area contributed by atoms with Gasteiger partial charge in [0.05, 0.1) is 22.2 Å². The Morgan fingerprint density at radius 2 is 1.69 bits per heavy atom. The van der Waals surface area contributed by atoms with E-state index in [1.54, 1.807) is 30.3 Å². The highest BCUT2D eigenvalue weighted by Gasteiger charge is 2.33. The van der Waals surface area contributed by atoms with Crippen LogP contribution in [0.3, 0.4) is 0 Å². The molecule has 0 unspecified atom stereocenters. The normalized spacial score (nSPS) is 11.9. The third kappa shape index (κ3) is 8.58. The molecule has 0 aliphatic carbocycles. The number of ether oxygens (including phenoxy) is 1. The Hall–Kier alpha value is -3.37. The molecule has 0 aromatic heterocycles. The second-order valence-electron chi connectivity index (χ2n) is 10.0. The van der Waals surface area contributed by atoms with E-state index in [1.165, 1.54) is 24.1 Å². The number of nitrogens with one attached hydrogen (secondary N) is 1. The Bertz CT molecular complexity index is 1430. The number of nitrogens with zero attached hydrogens (tertiary/aromatic N) is 2. The van der Waals surface area contributed by atoms with Gasteiger partial charge in [0.15, 0.2) is 0 Å². The van der Waals surface area contributed by atoms with Gasteiger partial charge in [-0.1, -0.05) is 68.3 Å². The Morgan fingerprint density at radius 3 is 2.29 bits per heavy atom. The zero-order valence-corrected chi connectivity index (χ0v) is 27.1. The number of unbranched alkanes of at least 4 members (excludes halogenated alkanes) is 1. The van der Waals surface area contributed by atoms with Crippen molar-refractivity contribution in [2.24, 2.45) is 0 Å². The molecule has 0 bridgehead atoms. The molecule has 10 heteroatoms. The lowest BCUT2D eigenvalue weighted by atomic mass is 10.1. The van der Waals surface area contributed by atoms with Crippen molar-refractivity contribution in [1.82, 2.24) is 10.2 Å².